The van der Waals surface area contributed by atoms with Gasteiger partial charge in [0, 0.05) is 18.8 Å². The number of halogens is 1. The van der Waals surface area contributed by atoms with Crippen molar-refractivity contribution < 1.29 is 31.9 Å². The van der Waals surface area contributed by atoms with E-state index in [0.29, 0.717) is 42.9 Å². The summed E-state index contributed by atoms with van der Waals surface area (Å²) in [5, 5.41) is 0.455. The first kappa shape index (κ1) is 34.8. The van der Waals surface area contributed by atoms with E-state index in [1.807, 2.05) is 43.3 Å². The minimum atomic E-state index is -3.91. The van der Waals surface area contributed by atoms with Crippen LogP contribution >= 0.6 is 11.3 Å². The van der Waals surface area contributed by atoms with Gasteiger partial charge in [-0.2, -0.15) is 0 Å². The largest absolute Gasteiger partial charge is 0.465 e. The number of fused-ring (bicyclic) bond motifs is 3. The Hall–Kier alpha value is -3.64. The first-order valence-corrected chi connectivity index (χ1v) is 20.0. The molecule has 12 heteroatoms. The number of ketones is 1. The lowest BCUT2D eigenvalue weighted by Gasteiger charge is -2.29. The summed E-state index contributed by atoms with van der Waals surface area (Å²) in [6.45, 7) is 3.80. The summed E-state index contributed by atoms with van der Waals surface area (Å²) >= 11 is 1.41. The minimum Gasteiger partial charge on any atom is -0.465 e. The Morgan fingerprint density at radius 3 is 2.74 bits per heavy atom. The Bertz CT molecular complexity index is 1960. The average molecular weight is 722 g/mol. The molecule has 7 rings (SSSR count). The molecule has 50 heavy (non-hydrogen) atoms. The zero-order valence-electron chi connectivity index (χ0n) is 28.5. The molecule has 2 aromatic carbocycles. The van der Waals surface area contributed by atoms with Crippen LogP contribution in [-0.4, -0.2) is 59.3 Å². The van der Waals surface area contributed by atoms with E-state index in [9.17, 15) is 27.2 Å². The summed E-state index contributed by atoms with van der Waals surface area (Å²) in [6, 6.07) is 11.4. The molecule has 2 amide bonds. The van der Waals surface area contributed by atoms with Crippen molar-refractivity contribution in [1.82, 2.24) is 14.6 Å². The lowest BCUT2D eigenvalue weighted by atomic mass is 9.90. The highest BCUT2D eigenvalue weighted by atomic mass is 32.2. The topological polar surface area (TPSA) is 123 Å². The molecule has 0 unspecified atom stereocenters. The quantitative estimate of drug-likeness (QED) is 0.279. The summed E-state index contributed by atoms with van der Waals surface area (Å²) in [5.74, 6) is -2.25. The van der Waals surface area contributed by atoms with Gasteiger partial charge in [0.2, 0.25) is 21.8 Å². The maximum Gasteiger partial charge on any atom is 0.274 e. The number of rotatable bonds is 7. The van der Waals surface area contributed by atoms with Crippen LogP contribution < -0.4 is 9.46 Å². The molecule has 2 saturated carbocycles. The first-order valence-electron chi connectivity index (χ1n) is 17.7. The minimum absolute atomic E-state index is 0.166. The Balaban J connectivity index is 1.19. The fourth-order valence-electron chi connectivity index (χ4n) is 7.57. The zero-order valence-corrected chi connectivity index (χ0v) is 30.2. The van der Waals surface area contributed by atoms with Crippen molar-refractivity contribution in [2.45, 2.75) is 101 Å². The van der Waals surface area contributed by atoms with Crippen molar-refractivity contribution in [3.05, 3.63) is 71.6 Å². The van der Waals surface area contributed by atoms with Gasteiger partial charge in [-0.1, -0.05) is 54.5 Å². The third-order valence-corrected chi connectivity index (χ3v) is 14.2. The molecule has 0 radical (unpaired) electrons. The Labute approximate surface area is 296 Å². The van der Waals surface area contributed by atoms with Gasteiger partial charge in [-0.3, -0.25) is 19.1 Å². The van der Waals surface area contributed by atoms with Crippen molar-refractivity contribution in [2.24, 2.45) is 17.3 Å². The molecule has 1 aromatic heterocycles. The monoisotopic (exact) mass is 721 g/mol. The third-order valence-electron chi connectivity index (χ3n) is 11.1. The van der Waals surface area contributed by atoms with Gasteiger partial charge < -0.3 is 9.64 Å². The van der Waals surface area contributed by atoms with Crippen LogP contribution in [0.2, 0.25) is 0 Å². The Morgan fingerprint density at radius 2 is 1.96 bits per heavy atom. The van der Waals surface area contributed by atoms with E-state index in [-0.39, 0.29) is 42.8 Å². The lowest BCUT2D eigenvalue weighted by Crippen LogP contribution is -2.47. The number of nitrogens with zero attached hydrogens (tertiary/aromatic N) is 2. The molecule has 266 valence electrons. The Morgan fingerprint density at radius 1 is 1.14 bits per heavy atom. The summed E-state index contributed by atoms with van der Waals surface area (Å²) < 4.78 is 49.1. The number of hydrogen-bond acceptors (Lipinski definition) is 8. The number of benzene rings is 2. The van der Waals surface area contributed by atoms with E-state index in [4.69, 9.17) is 4.74 Å². The number of allylic oxidation sites excluding steroid dienone is 2. The molecular weight excluding hydrogens is 678 g/mol. The van der Waals surface area contributed by atoms with Crippen LogP contribution in [0, 0.1) is 30.0 Å². The van der Waals surface area contributed by atoms with Gasteiger partial charge in [-0.15, -0.1) is 0 Å². The Kier molecular flexibility index (Phi) is 9.38. The first-order chi connectivity index (χ1) is 23.9. The number of aryl methyl sites for hydroxylation is 1. The predicted molar refractivity (Wildman–Crippen MR) is 190 cm³/mol. The van der Waals surface area contributed by atoms with Gasteiger partial charge in [0.25, 0.3) is 5.19 Å². The average Bonchev–Trinajstić information content (AvgIpc) is 3.88. The molecule has 0 spiro atoms. The number of sulfonamides is 1. The molecule has 9 nitrogen and oxygen atoms in total. The summed E-state index contributed by atoms with van der Waals surface area (Å²) in [7, 11) is -3.91. The maximum atomic E-state index is 14.5. The van der Waals surface area contributed by atoms with E-state index in [1.54, 1.807) is 17.9 Å². The SMILES string of the molecule is Cc1ccc2nc(O[C@@H]3C[C@H]4C(=O)C[C@]5(C(=O)NS(=O)(=O)C6(C)CC6)C[C@H]5/C=C\CCCCC[C@H](Cc5cccc(F)c5)C(=O)N4C3)sc2c1. The third kappa shape index (κ3) is 7.10. The number of nitrogens with one attached hydrogen (secondary N) is 1. The molecule has 0 bridgehead atoms. The van der Waals surface area contributed by atoms with Crippen molar-refractivity contribution in [3.63, 3.8) is 0 Å². The normalized spacial score (nSPS) is 29.0. The standard InChI is InChI=1S/C38H44FN3O6S2/c1-24-13-14-30-33(17-24)49-36(40-30)48-29-20-31-32(43)22-38(35(45)41-50(46,47)37(2)15-16-37)21-27(38)11-7-5-3-4-6-10-26(34(44)42(31)23-29)18-25-9-8-12-28(39)19-25/h7-9,11-14,17,19,26-27,29,31H,3-6,10,15-16,18,20-23H2,1-2H3,(H,41,45)/b11-7-/t26-,27-,29-,31+,38-/m1/s1. The van der Waals surface area contributed by atoms with Crippen LogP contribution in [0.5, 0.6) is 5.19 Å². The highest BCUT2D eigenvalue weighted by Gasteiger charge is 2.62. The molecule has 5 atom stereocenters. The van der Waals surface area contributed by atoms with Gasteiger partial charge in [0.15, 0.2) is 5.78 Å². The molecule has 3 fully saturated rings. The number of amides is 2. The second-order valence-corrected chi connectivity index (χ2v) is 18.2. The van der Waals surface area contributed by atoms with E-state index < -0.39 is 44.2 Å². The molecule has 1 saturated heterocycles. The number of carbonyl (C=O) groups is 3. The van der Waals surface area contributed by atoms with Crippen LogP contribution in [0.3, 0.4) is 0 Å². The van der Waals surface area contributed by atoms with Gasteiger partial charge in [0.05, 0.1) is 33.0 Å². The van der Waals surface area contributed by atoms with Gasteiger partial charge in [-0.05, 0) is 100 Å². The van der Waals surface area contributed by atoms with Crippen molar-refractivity contribution in [3.8, 4) is 5.19 Å². The van der Waals surface area contributed by atoms with Crippen LogP contribution in [0.1, 0.15) is 82.3 Å². The zero-order chi connectivity index (χ0) is 35.3. The van der Waals surface area contributed by atoms with E-state index >= 15 is 0 Å². The predicted octanol–water partition coefficient (Wildman–Crippen LogP) is 6.44. The van der Waals surface area contributed by atoms with Crippen molar-refractivity contribution >= 4 is 49.2 Å². The maximum absolute atomic E-state index is 14.5. The summed E-state index contributed by atoms with van der Waals surface area (Å²) in [6.07, 6.45) is 9.11. The van der Waals surface area contributed by atoms with E-state index in [2.05, 4.69) is 9.71 Å². The van der Waals surface area contributed by atoms with Gasteiger partial charge >= 0.3 is 0 Å². The van der Waals surface area contributed by atoms with Crippen LogP contribution in [0.15, 0.2) is 54.6 Å². The smallest absolute Gasteiger partial charge is 0.274 e. The number of hydrogen-bond donors (Lipinski definition) is 1. The molecule has 2 aliphatic carbocycles. The molecule has 1 N–H and O–H groups in total. The van der Waals surface area contributed by atoms with Crippen molar-refractivity contribution in [2.75, 3.05) is 6.54 Å². The molecule has 3 heterocycles. The van der Waals surface area contributed by atoms with Crippen LogP contribution in [-0.2, 0) is 30.8 Å². The second-order valence-electron chi connectivity index (χ2n) is 15.0. The van der Waals surface area contributed by atoms with E-state index in [0.717, 1.165) is 41.5 Å². The highest BCUT2D eigenvalue weighted by Crippen LogP contribution is 2.57. The molecule has 3 aromatic rings. The van der Waals surface area contributed by atoms with Gasteiger partial charge in [-0.25, -0.2) is 17.8 Å². The summed E-state index contributed by atoms with van der Waals surface area (Å²) in [5.41, 5.74) is 1.42. The van der Waals surface area contributed by atoms with Crippen LogP contribution in [0.4, 0.5) is 4.39 Å². The molecular formula is C38H44FN3O6S2. The van der Waals surface area contributed by atoms with Crippen molar-refractivity contribution in [1.29, 1.82) is 0 Å². The lowest BCUT2D eigenvalue weighted by molar-refractivity contribution is -0.142. The number of ether oxygens (including phenoxy) is 1. The number of aromatic nitrogens is 1. The van der Waals surface area contributed by atoms with Crippen LogP contribution in [0.25, 0.3) is 10.2 Å². The van der Waals surface area contributed by atoms with E-state index in [1.165, 1.54) is 23.5 Å². The number of thiazole rings is 1. The highest BCUT2D eigenvalue weighted by molar-refractivity contribution is 7.91. The number of Topliss-reactive ketones (excluding diaryl/α,β-unsaturated/α-hetero) is 1. The second kappa shape index (κ2) is 13.5. The molecule has 4 aliphatic rings. The number of carbonyl (C=O) groups excluding carboxylic acids is 3. The van der Waals surface area contributed by atoms with Gasteiger partial charge in [0.1, 0.15) is 11.9 Å². The summed E-state index contributed by atoms with van der Waals surface area (Å²) in [4.78, 5) is 49.0. The fourth-order valence-corrected chi connectivity index (χ4v) is 9.88. The fraction of sp³-hybridized carbons (Fsp3) is 0.526. The molecule has 2 aliphatic heterocycles.